The minimum absolute atomic E-state index is 0.143. The molecule has 0 aromatic rings. The maximum absolute atomic E-state index is 11.0. The fraction of sp³-hybridized carbons (Fsp3) is 0.875. The highest BCUT2D eigenvalue weighted by atomic mass is 16.2. The predicted molar refractivity (Wildman–Crippen MR) is 50.0 cm³/mol. The summed E-state index contributed by atoms with van der Waals surface area (Å²) in [4.78, 5) is 11.0. The molecule has 0 spiro atoms. The summed E-state index contributed by atoms with van der Waals surface area (Å²) in [7, 11) is 0. The molecular weight excluding hydrogens is 154 g/mol. The van der Waals surface area contributed by atoms with Crippen LogP contribution in [-0.2, 0) is 0 Å². The third-order valence-corrected chi connectivity index (χ3v) is 1.24. The van der Waals surface area contributed by atoms with Gasteiger partial charge >= 0.3 is 6.03 Å². The first kappa shape index (κ1) is 11.2. The van der Waals surface area contributed by atoms with Crippen LogP contribution in [0.2, 0.25) is 0 Å². The van der Waals surface area contributed by atoms with Gasteiger partial charge in [0.05, 0.1) is 0 Å². The molecule has 72 valence electrons. The fourth-order valence-corrected chi connectivity index (χ4v) is 0.609. The predicted octanol–water partition coefficient (Wildman–Crippen LogP) is 0.433. The van der Waals surface area contributed by atoms with Gasteiger partial charge in [-0.05, 0) is 20.3 Å². The number of rotatable bonds is 4. The first-order valence-corrected chi connectivity index (χ1v) is 4.26. The maximum atomic E-state index is 11.0. The van der Waals surface area contributed by atoms with Crippen LogP contribution >= 0.6 is 0 Å². The molecule has 2 amide bonds. The van der Waals surface area contributed by atoms with Gasteiger partial charge in [-0.15, -0.1) is 0 Å². The molecule has 0 rings (SSSR count). The van der Waals surface area contributed by atoms with Gasteiger partial charge in [-0.25, -0.2) is 4.79 Å². The molecule has 0 unspecified atom stereocenters. The fourth-order valence-electron chi connectivity index (χ4n) is 0.609. The SMILES string of the molecule is CCCNC(=O)NCC(C)(C)N. The first-order chi connectivity index (χ1) is 5.45. The van der Waals surface area contributed by atoms with Gasteiger partial charge in [0.1, 0.15) is 0 Å². The minimum Gasteiger partial charge on any atom is -0.338 e. The smallest absolute Gasteiger partial charge is 0.314 e. The van der Waals surface area contributed by atoms with Crippen molar-refractivity contribution in [1.82, 2.24) is 10.6 Å². The van der Waals surface area contributed by atoms with E-state index in [1.165, 1.54) is 0 Å². The summed E-state index contributed by atoms with van der Waals surface area (Å²) in [6.45, 7) is 6.94. The van der Waals surface area contributed by atoms with E-state index >= 15 is 0 Å². The van der Waals surface area contributed by atoms with Crippen LogP contribution in [0.4, 0.5) is 4.79 Å². The van der Waals surface area contributed by atoms with E-state index in [4.69, 9.17) is 5.73 Å². The van der Waals surface area contributed by atoms with Crippen molar-refractivity contribution < 1.29 is 4.79 Å². The summed E-state index contributed by atoms with van der Waals surface area (Å²) in [6, 6.07) is -0.143. The minimum atomic E-state index is -0.344. The van der Waals surface area contributed by atoms with Crippen LogP contribution in [0, 0.1) is 0 Å². The van der Waals surface area contributed by atoms with Gasteiger partial charge in [-0.3, -0.25) is 0 Å². The van der Waals surface area contributed by atoms with Gasteiger partial charge in [0.25, 0.3) is 0 Å². The summed E-state index contributed by atoms with van der Waals surface area (Å²) >= 11 is 0. The van der Waals surface area contributed by atoms with Crippen LogP contribution in [0.1, 0.15) is 27.2 Å². The zero-order valence-electron chi connectivity index (χ0n) is 8.11. The number of hydrogen-bond acceptors (Lipinski definition) is 2. The summed E-state index contributed by atoms with van der Waals surface area (Å²) in [6.07, 6.45) is 0.944. The monoisotopic (exact) mass is 173 g/mol. The van der Waals surface area contributed by atoms with E-state index in [-0.39, 0.29) is 11.6 Å². The molecule has 0 atom stereocenters. The van der Waals surface area contributed by atoms with Crippen LogP contribution in [0.25, 0.3) is 0 Å². The number of amides is 2. The van der Waals surface area contributed by atoms with Gasteiger partial charge in [0.15, 0.2) is 0 Å². The largest absolute Gasteiger partial charge is 0.338 e. The molecule has 4 N–H and O–H groups in total. The zero-order chi connectivity index (χ0) is 9.61. The van der Waals surface area contributed by atoms with Gasteiger partial charge in [-0.2, -0.15) is 0 Å². The van der Waals surface area contributed by atoms with Crippen molar-refractivity contribution in [3.05, 3.63) is 0 Å². The molecule has 0 aromatic heterocycles. The van der Waals surface area contributed by atoms with Crippen LogP contribution < -0.4 is 16.4 Å². The Morgan fingerprint density at radius 2 is 2.00 bits per heavy atom. The molecule has 0 saturated heterocycles. The Labute approximate surface area is 73.9 Å². The van der Waals surface area contributed by atoms with E-state index in [2.05, 4.69) is 10.6 Å². The lowest BCUT2D eigenvalue weighted by Gasteiger charge is -2.18. The summed E-state index contributed by atoms with van der Waals surface area (Å²) < 4.78 is 0. The van der Waals surface area contributed by atoms with Crippen LogP contribution in [0.3, 0.4) is 0 Å². The van der Waals surface area contributed by atoms with Crippen molar-refractivity contribution in [1.29, 1.82) is 0 Å². The molecule has 4 nitrogen and oxygen atoms in total. The zero-order valence-corrected chi connectivity index (χ0v) is 8.11. The number of hydrogen-bond donors (Lipinski definition) is 3. The molecule has 4 heteroatoms. The van der Waals surface area contributed by atoms with Crippen molar-refractivity contribution >= 4 is 6.03 Å². The van der Waals surface area contributed by atoms with Crippen molar-refractivity contribution in [2.75, 3.05) is 13.1 Å². The van der Waals surface area contributed by atoms with E-state index in [0.29, 0.717) is 13.1 Å². The van der Waals surface area contributed by atoms with Crippen LogP contribution in [0.5, 0.6) is 0 Å². The topological polar surface area (TPSA) is 67.2 Å². The molecule has 12 heavy (non-hydrogen) atoms. The highest BCUT2D eigenvalue weighted by Crippen LogP contribution is 1.91. The summed E-state index contributed by atoms with van der Waals surface area (Å²) in [5, 5.41) is 5.38. The quantitative estimate of drug-likeness (QED) is 0.577. The van der Waals surface area contributed by atoms with E-state index in [0.717, 1.165) is 6.42 Å². The van der Waals surface area contributed by atoms with Crippen LogP contribution in [-0.4, -0.2) is 24.7 Å². The average Bonchev–Trinajstić information content (AvgIpc) is 1.95. The second-order valence-corrected chi connectivity index (χ2v) is 3.60. The Bertz CT molecular complexity index is 140. The van der Waals surface area contributed by atoms with E-state index in [1.807, 2.05) is 20.8 Å². The lowest BCUT2D eigenvalue weighted by atomic mass is 10.1. The van der Waals surface area contributed by atoms with E-state index in [9.17, 15) is 4.79 Å². The normalized spacial score (nSPS) is 11.0. The molecule has 0 radical (unpaired) electrons. The third-order valence-electron chi connectivity index (χ3n) is 1.24. The number of carbonyl (C=O) groups excluding carboxylic acids is 1. The third kappa shape index (κ3) is 7.34. The van der Waals surface area contributed by atoms with Gasteiger partial charge in [0.2, 0.25) is 0 Å². The highest BCUT2D eigenvalue weighted by molar-refractivity contribution is 5.73. The van der Waals surface area contributed by atoms with E-state index < -0.39 is 0 Å². The standard InChI is InChI=1S/C8H19N3O/c1-4-5-10-7(12)11-6-8(2,3)9/h4-6,9H2,1-3H3,(H2,10,11,12). The second kappa shape index (κ2) is 4.98. The number of nitrogens with one attached hydrogen (secondary N) is 2. The first-order valence-electron chi connectivity index (χ1n) is 4.26. The molecular formula is C8H19N3O. The Balaban J connectivity index is 3.44. The number of nitrogens with two attached hydrogens (primary N) is 1. The van der Waals surface area contributed by atoms with Crippen molar-refractivity contribution in [2.45, 2.75) is 32.7 Å². The highest BCUT2D eigenvalue weighted by Gasteiger charge is 2.11. The van der Waals surface area contributed by atoms with Crippen molar-refractivity contribution in [3.8, 4) is 0 Å². The average molecular weight is 173 g/mol. The summed E-state index contributed by atoms with van der Waals surface area (Å²) in [5.74, 6) is 0. The molecule has 0 aliphatic heterocycles. The van der Waals surface area contributed by atoms with Crippen LogP contribution in [0.15, 0.2) is 0 Å². The Kier molecular flexibility index (Phi) is 4.66. The Morgan fingerprint density at radius 3 is 2.42 bits per heavy atom. The Hall–Kier alpha value is -0.770. The summed E-state index contributed by atoms with van der Waals surface area (Å²) in [5.41, 5.74) is 5.33. The second-order valence-electron chi connectivity index (χ2n) is 3.60. The van der Waals surface area contributed by atoms with Crippen molar-refractivity contribution in [2.24, 2.45) is 5.73 Å². The van der Waals surface area contributed by atoms with Crippen molar-refractivity contribution in [3.63, 3.8) is 0 Å². The Morgan fingerprint density at radius 1 is 1.42 bits per heavy atom. The lowest BCUT2D eigenvalue weighted by molar-refractivity contribution is 0.238. The van der Waals surface area contributed by atoms with Gasteiger partial charge in [-0.1, -0.05) is 6.92 Å². The molecule has 0 saturated carbocycles. The van der Waals surface area contributed by atoms with Gasteiger partial charge in [0, 0.05) is 18.6 Å². The molecule has 0 aromatic carbocycles. The number of carbonyl (C=O) groups is 1. The molecule has 0 aliphatic carbocycles. The number of urea groups is 1. The van der Waals surface area contributed by atoms with E-state index in [1.54, 1.807) is 0 Å². The molecule has 0 bridgehead atoms. The maximum Gasteiger partial charge on any atom is 0.314 e. The lowest BCUT2D eigenvalue weighted by Crippen LogP contribution is -2.48. The van der Waals surface area contributed by atoms with Gasteiger partial charge < -0.3 is 16.4 Å². The molecule has 0 fully saturated rings. The molecule has 0 aliphatic rings. The molecule has 0 heterocycles.